The van der Waals surface area contributed by atoms with Crippen molar-refractivity contribution in [1.29, 1.82) is 0 Å². The molecule has 0 unspecified atom stereocenters. The predicted octanol–water partition coefficient (Wildman–Crippen LogP) is 5.17. The quantitative estimate of drug-likeness (QED) is 0.398. The monoisotopic (exact) mass is 410 g/mol. The SMILES string of the molecule is COc1ccc(/C=C/C(=O)c2cn(C)nc2C)cc1COc1ccc(C)cc1Cl. The van der Waals surface area contributed by atoms with E-state index in [1.807, 2.05) is 50.2 Å². The number of methoxy groups -OCH3 is 1. The zero-order chi connectivity index (χ0) is 21.0. The molecule has 1 heterocycles. The molecule has 0 saturated heterocycles. The summed E-state index contributed by atoms with van der Waals surface area (Å²) in [6.07, 6.45) is 5.05. The highest BCUT2D eigenvalue weighted by Gasteiger charge is 2.10. The summed E-state index contributed by atoms with van der Waals surface area (Å²) >= 11 is 6.25. The average molecular weight is 411 g/mol. The van der Waals surface area contributed by atoms with Crippen LogP contribution in [-0.4, -0.2) is 22.7 Å². The summed E-state index contributed by atoms with van der Waals surface area (Å²) in [7, 11) is 3.41. The van der Waals surface area contributed by atoms with Gasteiger partial charge in [-0.3, -0.25) is 9.48 Å². The molecule has 0 aliphatic carbocycles. The molecule has 0 aliphatic heterocycles. The van der Waals surface area contributed by atoms with E-state index in [2.05, 4.69) is 5.10 Å². The molecule has 5 nitrogen and oxygen atoms in total. The van der Waals surface area contributed by atoms with Gasteiger partial charge in [0.05, 0.1) is 23.4 Å². The first-order chi connectivity index (χ1) is 13.9. The number of aryl methyl sites for hydroxylation is 3. The van der Waals surface area contributed by atoms with Crippen LogP contribution >= 0.6 is 11.6 Å². The van der Waals surface area contributed by atoms with Gasteiger partial charge < -0.3 is 9.47 Å². The Morgan fingerprint density at radius 1 is 1.17 bits per heavy atom. The first kappa shape index (κ1) is 20.7. The topological polar surface area (TPSA) is 53.4 Å². The summed E-state index contributed by atoms with van der Waals surface area (Å²) < 4.78 is 12.9. The second kappa shape index (κ2) is 8.97. The van der Waals surface area contributed by atoms with Crippen LogP contribution in [0, 0.1) is 13.8 Å². The highest BCUT2D eigenvalue weighted by molar-refractivity contribution is 6.32. The van der Waals surface area contributed by atoms with Gasteiger partial charge >= 0.3 is 0 Å². The van der Waals surface area contributed by atoms with Crippen LogP contribution in [0.3, 0.4) is 0 Å². The molecule has 3 rings (SSSR count). The van der Waals surface area contributed by atoms with Crippen molar-refractivity contribution >= 4 is 23.5 Å². The second-order valence-electron chi connectivity index (χ2n) is 6.79. The van der Waals surface area contributed by atoms with Gasteiger partial charge in [-0.1, -0.05) is 29.8 Å². The Bertz CT molecular complexity index is 1070. The van der Waals surface area contributed by atoms with Crippen LogP contribution in [-0.2, 0) is 13.7 Å². The highest BCUT2D eigenvalue weighted by Crippen LogP contribution is 2.28. The Hall–Kier alpha value is -3.05. The molecule has 0 atom stereocenters. The minimum atomic E-state index is -0.0874. The molecule has 2 aromatic carbocycles. The molecule has 0 amide bonds. The maximum atomic E-state index is 12.4. The Kier molecular flexibility index (Phi) is 6.39. The molecule has 0 radical (unpaired) electrons. The van der Waals surface area contributed by atoms with Crippen molar-refractivity contribution in [3.05, 3.63) is 81.6 Å². The van der Waals surface area contributed by atoms with Crippen molar-refractivity contribution in [2.24, 2.45) is 7.05 Å². The Morgan fingerprint density at radius 3 is 2.59 bits per heavy atom. The molecule has 1 aromatic heterocycles. The summed E-state index contributed by atoms with van der Waals surface area (Å²) in [5.41, 5.74) is 4.10. The van der Waals surface area contributed by atoms with E-state index in [4.69, 9.17) is 21.1 Å². The molecule has 0 fully saturated rings. The van der Waals surface area contributed by atoms with Crippen LogP contribution in [0.2, 0.25) is 5.02 Å². The summed E-state index contributed by atoms with van der Waals surface area (Å²) in [5, 5.41) is 4.77. The molecule has 0 aliphatic rings. The minimum Gasteiger partial charge on any atom is -0.496 e. The van der Waals surface area contributed by atoms with Gasteiger partial charge in [-0.2, -0.15) is 5.10 Å². The standard InChI is InChI=1S/C23H23ClN2O3/c1-15-5-9-23(20(24)11-15)29-14-18-12-17(7-10-22(18)28-4)6-8-21(27)19-13-26(3)25-16(19)2/h5-13H,14H2,1-4H3/b8-6+. The van der Waals surface area contributed by atoms with Crippen LogP contribution in [0.15, 0.2) is 48.7 Å². The van der Waals surface area contributed by atoms with Crippen molar-refractivity contribution in [2.75, 3.05) is 7.11 Å². The number of ketones is 1. The van der Waals surface area contributed by atoms with Crippen LogP contribution < -0.4 is 9.47 Å². The first-order valence-electron chi connectivity index (χ1n) is 9.16. The molecular formula is C23H23ClN2O3. The van der Waals surface area contributed by atoms with Crippen LogP contribution in [0.4, 0.5) is 0 Å². The fraction of sp³-hybridized carbons (Fsp3) is 0.217. The van der Waals surface area contributed by atoms with Gasteiger partial charge in [-0.05, 0) is 55.3 Å². The molecule has 0 bridgehead atoms. The van der Waals surface area contributed by atoms with Crippen molar-refractivity contribution in [3.8, 4) is 11.5 Å². The smallest absolute Gasteiger partial charge is 0.189 e. The maximum absolute atomic E-state index is 12.4. The van der Waals surface area contributed by atoms with E-state index in [0.29, 0.717) is 34.4 Å². The maximum Gasteiger partial charge on any atom is 0.189 e. The van der Waals surface area contributed by atoms with Crippen LogP contribution in [0.25, 0.3) is 6.08 Å². The highest BCUT2D eigenvalue weighted by atomic mass is 35.5. The van der Waals surface area contributed by atoms with Gasteiger partial charge in [0.15, 0.2) is 5.78 Å². The van der Waals surface area contributed by atoms with Crippen molar-refractivity contribution < 1.29 is 14.3 Å². The summed E-state index contributed by atoms with van der Waals surface area (Å²) in [4.78, 5) is 12.4. The van der Waals surface area contributed by atoms with Crippen molar-refractivity contribution in [2.45, 2.75) is 20.5 Å². The normalized spacial score (nSPS) is 11.1. The van der Waals surface area contributed by atoms with Gasteiger partial charge in [0.1, 0.15) is 18.1 Å². The lowest BCUT2D eigenvalue weighted by Crippen LogP contribution is -2.00. The number of halogens is 1. The second-order valence-corrected chi connectivity index (χ2v) is 7.20. The molecule has 150 valence electrons. The number of nitrogens with zero attached hydrogens (tertiary/aromatic N) is 2. The van der Waals surface area contributed by atoms with E-state index in [9.17, 15) is 4.79 Å². The number of ether oxygens (including phenoxy) is 2. The molecule has 0 saturated carbocycles. The molecule has 0 spiro atoms. The Labute approximate surface area is 175 Å². The van der Waals surface area contributed by atoms with Crippen LogP contribution in [0.1, 0.15) is 32.7 Å². The number of carbonyl (C=O) groups is 1. The average Bonchev–Trinajstić information content (AvgIpc) is 3.03. The summed E-state index contributed by atoms with van der Waals surface area (Å²) in [6, 6.07) is 11.3. The fourth-order valence-corrected chi connectivity index (χ4v) is 3.29. The van der Waals surface area contributed by atoms with E-state index < -0.39 is 0 Å². The zero-order valence-corrected chi connectivity index (χ0v) is 17.7. The zero-order valence-electron chi connectivity index (χ0n) is 16.9. The number of rotatable bonds is 7. The Morgan fingerprint density at radius 2 is 1.93 bits per heavy atom. The summed E-state index contributed by atoms with van der Waals surface area (Å²) in [5.74, 6) is 1.23. The van der Waals surface area contributed by atoms with Crippen molar-refractivity contribution in [1.82, 2.24) is 9.78 Å². The third-order valence-corrected chi connectivity index (χ3v) is 4.78. The minimum absolute atomic E-state index is 0.0874. The lowest BCUT2D eigenvalue weighted by Gasteiger charge is -2.12. The van der Waals surface area contributed by atoms with Gasteiger partial charge in [0.2, 0.25) is 0 Å². The van der Waals surface area contributed by atoms with Crippen molar-refractivity contribution in [3.63, 3.8) is 0 Å². The third kappa shape index (κ3) is 5.06. The Balaban J connectivity index is 1.77. The van der Waals surface area contributed by atoms with E-state index in [-0.39, 0.29) is 5.78 Å². The first-order valence-corrected chi connectivity index (χ1v) is 9.53. The number of benzene rings is 2. The number of hydrogen-bond acceptors (Lipinski definition) is 4. The van der Waals surface area contributed by atoms with E-state index >= 15 is 0 Å². The van der Waals surface area contributed by atoms with Gasteiger partial charge in [-0.25, -0.2) is 0 Å². The number of aromatic nitrogens is 2. The number of allylic oxidation sites excluding steroid dienone is 1. The largest absolute Gasteiger partial charge is 0.496 e. The van der Waals surface area contributed by atoms with Gasteiger partial charge in [0, 0.05) is 18.8 Å². The van der Waals surface area contributed by atoms with E-state index in [0.717, 1.165) is 16.7 Å². The molecule has 29 heavy (non-hydrogen) atoms. The number of hydrogen-bond donors (Lipinski definition) is 0. The molecule has 3 aromatic rings. The van der Waals surface area contributed by atoms with E-state index in [1.165, 1.54) is 0 Å². The van der Waals surface area contributed by atoms with Crippen LogP contribution in [0.5, 0.6) is 11.5 Å². The third-order valence-electron chi connectivity index (χ3n) is 4.48. The number of carbonyl (C=O) groups excluding carboxylic acids is 1. The van der Waals surface area contributed by atoms with Gasteiger partial charge in [-0.15, -0.1) is 0 Å². The predicted molar refractivity (Wildman–Crippen MR) is 115 cm³/mol. The lowest BCUT2D eigenvalue weighted by molar-refractivity contribution is 0.104. The summed E-state index contributed by atoms with van der Waals surface area (Å²) in [6.45, 7) is 4.09. The fourth-order valence-electron chi connectivity index (χ4n) is 3.00. The molecular weight excluding hydrogens is 388 g/mol. The van der Waals surface area contributed by atoms with Gasteiger partial charge in [0.25, 0.3) is 0 Å². The lowest BCUT2D eigenvalue weighted by atomic mass is 10.1. The van der Waals surface area contributed by atoms with E-state index in [1.54, 1.807) is 37.2 Å². The molecule has 0 N–H and O–H groups in total. The molecule has 6 heteroatoms.